The van der Waals surface area contributed by atoms with E-state index in [0.29, 0.717) is 28.9 Å². The molecule has 0 spiro atoms. The van der Waals surface area contributed by atoms with Crippen molar-refractivity contribution in [2.45, 2.75) is 33.3 Å². The van der Waals surface area contributed by atoms with E-state index in [9.17, 15) is 17.6 Å². The maximum absolute atomic E-state index is 13.4. The molecule has 0 unspecified atom stereocenters. The Labute approximate surface area is 183 Å². The molecule has 32 heavy (non-hydrogen) atoms. The van der Waals surface area contributed by atoms with Gasteiger partial charge < -0.3 is 14.4 Å². The Morgan fingerprint density at radius 2 is 1.69 bits per heavy atom. The average Bonchev–Trinajstić information content (AvgIpc) is 2.78. The third-order valence-corrected chi connectivity index (χ3v) is 4.15. The summed E-state index contributed by atoms with van der Waals surface area (Å²) in [6.07, 6.45) is -4.44. The smallest absolute Gasteiger partial charge is 0.416 e. The van der Waals surface area contributed by atoms with Gasteiger partial charge in [0.1, 0.15) is 20.4 Å². The minimum Gasteiger partial charge on any atom is -0.471 e. The quantitative estimate of drug-likeness (QED) is 0.235. The van der Waals surface area contributed by atoms with Crippen LogP contribution in [0.1, 0.15) is 41.7 Å². The third-order valence-electron chi connectivity index (χ3n) is 4.15. The van der Waals surface area contributed by atoms with E-state index >= 15 is 0 Å². The second-order valence-corrected chi connectivity index (χ2v) is 6.30. The van der Waals surface area contributed by atoms with Crippen LogP contribution in [0.5, 0.6) is 0 Å². The van der Waals surface area contributed by atoms with Gasteiger partial charge in [-0.3, -0.25) is 4.79 Å². The Bertz CT molecular complexity index is 944. The van der Waals surface area contributed by atoms with Gasteiger partial charge in [-0.2, -0.15) is 13.2 Å². The molecule has 6 nitrogen and oxygen atoms in total. The van der Waals surface area contributed by atoms with Gasteiger partial charge >= 0.3 is 6.18 Å². The van der Waals surface area contributed by atoms with E-state index in [-0.39, 0.29) is 17.9 Å². The van der Waals surface area contributed by atoms with Gasteiger partial charge in [-0.25, -0.2) is 4.39 Å². The minimum atomic E-state index is -4.44. The summed E-state index contributed by atoms with van der Waals surface area (Å²) < 4.78 is 55.7. The summed E-state index contributed by atoms with van der Waals surface area (Å²) >= 11 is 0. The van der Waals surface area contributed by atoms with Crippen LogP contribution in [-0.2, 0) is 38.7 Å². The highest BCUT2D eigenvalue weighted by molar-refractivity contribution is 6.00. The number of oxime groups is 2. The normalized spacial score (nSPS) is 11.9. The lowest BCUT2D eigenvalue weighted by atomic mass is 9.99. The van der Waals surface area contributed by atoms with Crippen molar-refractivity contribution in [3.63, 3.8) is 0 Å². The van der Waals surface area contributed by atoms with Crippen LogP contribution in [-0.4, -0.2) is 32.1 Å². The van der Waals surface area contributed by atoms with Crippen LogP contribution in [0.4, 0.5) is 17.6 Å². The van der Waals surface area contributed by atoms with E-state index < -0.39 is 18.4 Å². The first kappa shape index (κ1) is 26.6. The van der Waals surface area contributed by atoms with Gasteiger partial charge in [-0.05, 0) is 37.1 Å². The first-order valence-corrected chi connectivity index (χ1v) is 9.25. The Balaban J connectivity index is 0.00000118. The van der Waals surface area contributed by atoms with Gasteiger partial charge in [0.25, 0.3) is 6.47 Å². The maximum Gasteiger partial charge on any atom is 0.416 e. The van der Waals surface area contributed by atoms with Crippen molar-refractivity contribution in [1.82, 2.24) is 0 Å². The second kappa shape index (κ2) is 13.1. The number of rotatable bonds is 8. The SMILES string of the molecule is CO/N=C(/C)c1cccc(CF)c1CO/N=C(\C)c1cccc(C(F)(F)F)c1.COC=O. The number of carbonyl (C=O) groups is 1. The van der Waals surface area contributed by atoms with Crippen LogP contribution in [0.25, 0.3) is 0 Å². The molecule has 0 bridgehead atoms. The summed E-state index contributed by atoms with van der Waals surface area (Å²) in [5.41, 5.74) is 1.92. The molecule has 174 valence electrons. The van der Waals surface area contributed by atoms with Gasteiger partial charge in [-0.15, -0.1) is 0 Å². The van der Waals surface area contributed by atoms with Gasteiger partial charge in [-0.1, -0.05) is 40.6 Å². The fourth-order valence-corrected chi connectivity index (χ4v) is 2.62. The zero-order chi connectivity index (χ0) is 24.1. The molecular weight excluding hydrogens is 432 g/mol. The number of halogens is 4. The average molecular weight is 456 g/mol. The summed E-state index contributed by atoms with van der Waals surface area (Å²) in [5, 5.41) is 7.74. The summed E-state index contributed by atoms with van der Waals surface area (Å²) in [6, 6.07) is 9.86. The number of ether oxygens (including phenoxy) is 1. The van der Waals surface area contributed by atoms with Gasteiger partial charge in [0.05, 0.1) is 24.1 Å². The highest BCUT2D eigenvalue weighted by atomic mass is 19.4. The molecule has 0 radical (unpaired) electrons. The first-order valence-electron chi connectivity index (χ1n) is 9.25. The van der Waals surface area contributed by atoms with Crippen molar-refractivity contribution in [1.29, 1.82) is 0 Å². The molecule has 0 amide bonds. The molecule has 0 fully saturated rings. The van der Waals surface area contributed by atoms with Crippen LogP contribution in [0.3, 0.4) is 0 Å². The summed E-state index contributed by atoms with van der Waals surface area (Å²) in [5.74, 6) is 0. The number of hydrogen-bond acceptors (Lipinski definition) is 6. The van der Waals surface area contributed by atoms with Crippen molar-refractivity contribution in [2.24, 2.45) is 10.3 Å². The molecule has 0 atom stereocenters. The molecule has 2 aromatic carbocycles. The van der Waals surface area contributed by atoms with Crippen molar-refractivity contribution < 1.29 is 36.8 Å². The van der Waals surface area contributed by atoms with Gasteiger partial charge in [0.2, 0.25) is 0 Å². The predicted molar refractivity (Wildman–Crippen MR) is 112 cm³/mol. The largest absolute Gasteiger partial charge is 0.471 e. The molecule has 0 aliphatic heterocycles. The minimum absolute atomic E-state index is 0.0672. The molecule has 2 rings (SSSR count). The summed E-state index contributed by atoms with van der Waals surface area (Å²) in [4.78, 5) is 19.0. The van der Waals surface area contributed by atoms with Crippen LogP contribution < -0.4 is 0 Å². The lowest BCUT2D eigenvalue weighted by Gasteiger charge is -2.12. The molecule has 10 heteroatoms. The highest BCUT2D eigenvalue weighted by Gasteiger charge is 2.30. The predicted octanol–water partition coefficient (Wildman–Crippen LogP) is 5.28. The van der Waals surface area contributed by atoms with Crippen molar-refractivity contribution >= 4 is 17.9 Å². The second-order valence-electron chi connectivity index (χ2n) is 6.30. The molecule has 0 aliphatic carbocycles. The fourth-order valence-electron chi connectivity index (χ4n) is 2.62. The first-order chi connectivity index (χ1) is 15.2. The number of hydrogen-bond donors (Lipinski definition) is 0. The van der Waals surface area contributed by atoms with E-state index in [0.717, 1.165) is 12.1 Å². The Kier molecular flexibility index (Phi) is 10.9. The topological polar surface area (TPSA) is 69.5 Å². The lowest BCUT2D eigenvalue weighted by molar-refractivity contribution is -0.137. The highest BCUT2D eigenvalue weighted by Crippen LogP contribution is 2.29. The molecule has 0 aliphatic rings. The van der Waals surface area contributed by atoms with Crippen LogP contribution in [0.2, 0.25) is 0 Å². The molecule has 0 saturated heterocycles. The zero-order valence-corrected chi connectivity index (χ0v) is 18.1. The molecular formula is C22H24F4N2O4. The Hall–Kier alpha value is -3.43. The van der Waals surface area contributed by atoms with E-state index in [1.54, 1.807) is 25.1 Å². The van der Waals surface area contributed by atoms with E-state index in [4.69, 9.17) is 14.5 Å². The maximum atomic E-state index is 13.4. The zero-order valence-electron chi connectivity index (χ0n) is 18.1. The molecule has 0 saturated carbocycles. The Morgan fingerprint density at radius 3 is 2.25 bits per heavy atom. The monoisotopic (exact) mass is 456 g/mol. The number of carbonyl (C=O) groups excluding carboxylic acids is 1. The number of methoxy groups -OCH3 is 1. The molecule has 0 heterocycles. The Morgan fingerprint density at radius 1 is 1.03 bits per heavy atom. The summed E-state index contributed by atoms with van der Waals surface area (Å²) in [7, 11) is 2.72. The molecule has 0 N–H and O–H groups in total. The van der Waals surface area contributed by atoms with E-state index in [1.165, 1.54) is 33.3 Å². The fraction of sp³-hybridized carbons (Fsp3) is 0.318. The third kappa shape index (κ3) is 8.01. The number of alkyl halides is 4. The van der Waals surface area contributed by atoms with Gasteiger partial charge in [0.15, 0.2) is 0 Å². The van der Waals surface area contributed by atoms with Crippen molar-refractivity contribution in [3.05, 3.63) is 70.3 Å². The lowest BCUT2D eigenvalue weighted by Crippen LogP contribution is -2.08. The number of benzene rings is 2. The van der Waals surface area contributed by atoms with Crippen LogP contribution in [0, 0.1) is 0 Å². The van der Waals surface area contributed by atoms with Crippen molar-refractivity contribution in [3.8, 4) is 0 Å². The number of nitrogens with zero attached hydrogens (tertiary/aromatic N) is 2. The van der Waals surface area contributed by atoms with Crippen molar-refractivity contribution in [2.75, 3.05) is 14.2 Å². The van der Waals surface area contributed by atoms with E-state index in [1.807, 2.05) is 0 Å². The summed E-state index contributed by atoms with van der Waals surface area (Å²) in [6.45, 7) is 2.85. The molecule has 2 aromatic rings. The van der Waals surface area contributed by atoms with Crippen LogP contribution in [0.15, 0.2) is 52.8 Å². The molecule has 0 aromatic heterocycles. The van der Waals surface area contributed by atoms with E-state index in [2.05, 4.69) is 15.0 Å². The standard InChI is InChI=1S/C20H20F4N2O2.C2H4O2/c1-13(15-6-4-8-17(10-15)20(22,23)24)26-28-12-19-16(11-21)7-5-9-18(19)14(2)25-27-3;1-4-2-3/h4-10H,11-12H2,1-3H3;2H,1H3/b25-14-,26-13+;. The van der Waals surface area contributed by atoms with Crippen LogP contribution >= 0.6 is 0 Å². The van der Waals surface area contributed by atoms with Gasteiger partial charge in [0, 0.05) is 11.1 Å².